The normalized spacial score (nSPS) is 14.5. The van der Waals surface area contributed by atoms with Gasteiger partial charge >= 0.3 is 26.5 Å². The van der Waals surface area contributed by atoms with Gasteiger partial charge in [0.15, 0.2) is 10.1 Å². The van der Waals surface area contributed by atoms with Crippen LogP contribution in [-0.2, 0) is 20.2 Å². The van der Waals surface area contributed by atoms with E-state index in [2.05, 4.69) is 4.18 Å². The van der Waals surface area contributed by atoms with Crippen LogP contribution in [0.2, 0.25) is 0 Å². The molecule has 0 atom stereocenters. The highest BCUT2D eigenvalue weighted by Crippen LogP contribution is 2.51. The van der Waals surface area contributed by atoms with E-state index in [1.807, 2.05) is 0 Å². The fourth-order valence-corrected chi connectivity index (χ4v) is 4.10. The lowest BCUT2D eigenvalue weighted by atomic mass is 9.88. The molecule has 6 nitrogen and oxygen atoms in total. The van der Waals surface area contributed by atoms with Gasteiger partial charge in [0.1, 0.15) is 5.75 Å². The summed E-state index contributed by atoms with van der Waals surface area (Å²) < 4.78 is 143. The van der Waals surface area contributed by atoms with Crippen molar-refractivity contribution in [3.8, 4) is 5.75 Å². The fraction of sp³-hybridized carbons (Fsp3) is 0.667. The highest BCUT2D eigenvalue weighted by Gasteiger charge is 2.81. The summed E-state index contributed by atoms with van der Waals surface area (Å²) in [6.45, 7) is 9.64. The van der Waals surface area contributed by atoms with Gasteiger partial charge in [0.05, 0.1) is 0 Å². The van der Waals surface area contributed by atoms with Crippen LogP contribution in [0.1, 0.15) is 76.0 Å². The van der Waals surface area contributed by atoms with Crippen LogP contribution in [0.25, 0.3) is 0 Å². The van der Waals surface area contributed by atoms with Crippen LogP contribution in [-0.4, -0.2) is 37.8 Å². The van der Waals surface area contributed by atoms with Gasteiger partial charge in [-0.3, -0.25) is 0 Å². The van der Waals surface area contributed by atoms with Crippen LogP contribution in [0.3, 0.4) is 0 Å². The second-order valence-electron chi connectivity index (χ2n) is 8.09. The Kier molecular flexibility index (Phi) is 7.72. The molecule has 0 unspecified atom stereocenters. The molecule has 0 aliphatic carbocycles. The van der Waals surface area contributed by atoms with Crippen molar-refractivity contribution < 1.29 is 51.9 Å². The Morgan fingerprint density at radius 3 is 1.41 bits per heavy atom. The third-order valence-corrected chi connectivity index (χ3v) is 6.79. The Balaban J connectivity index is 3.80. The lowest BCUT2D eigenvalue weighted by Gasteiger charge is -2.33. The van der Waals surface area contributed by atoms with Gasteiger partial charge < -0.3 is 8.74 Å². The summed E-state index contributed by atoms with van der Waals surface area (Å²) in [5.74, 6) is -9.15. The van der Waals surface area contributed by atoms with Crippen molar-refractivity contribution in [1.29, 1.82) is 0 Å². The first-order chi connectivity index (χ1) is 14.0. The number of benzene rings is 1. The fourth-order valence-electron chi connectivity index (χ4n) is 2.63. The van der Waals surface area contributed by atoms with Crippen molar-refractivity contribution in [3.63, 3.8) is 0 Å². The highest BCUT2D eigenvalue weighted by atomic mass is 32.2. The van der Waals surface area contributed by atoms with Gasteiger partial charge in [0.2, 0.25) is 0 Å². The Bertz CT molecular complexity index is 1030. The number of hydrogen-bond donors (Lipinski definition) is 0. The molecule has 186 valence electrons. The first kappa shape index (κ1) is 28.5. The number of rotatable bonds is 9. The largest absolute Gasteiger partial charge is 0.743 e. The SMILES string of the molecule is CC(C)c1cc(C(C)C)c(OS(=O)(=O)C(F)(F)C(F)(F)C(F)(F)S(=O)(=O)[O-])c(C(C)C)c1. The first-order valence-electron chi connectivity index (χ1n) is 9.23. The smallest absolute Gasteiger partial charge is 0.450 e. The molecule has 0 amide bonds. The predicted molar refractivity (Wildman–Crippen MR) is 103 cm³/mol. The van der Waals surface area contributed by atoms with E-state index in [4.69, 9.17) is 0 Å². The molecule has 0 saturated carbocycles. The van der Waals surface area contributed by atoms with E-state index < -0.39 is 54.3 Å². The van der Waals surface area contributed by atoms with Gasteiger partial charge in [-0.15, -0.1) is 0 Å². The van der Waals surface area contributed by atoms with E-state index in [1.54, 1.807) is 13.8 Å². The van der Waals surface area contributed by atoms with Gasteiger partial charge in [-0.2, -0.15) is 34.8 Å². The lowest BCUT2D eigenvalue weighted by Crippen LogP contribution is -2.61. The van der Waals surface area contributed by atoms with E-state index in [1.165, 1.54) is 39.8 Å². The molecule has 0 saturated heterocycles. The number of alkyl halides is 6. The molecule has 14 heteroatoms. The molecule has 0 aliphatic rings. The van der Waals surface area contributed by atoms with Gasteiger partial charge in [-0.05, 0) is 34.4 Å². The molecular weight excluding hydrogens is 490 g/mol. The summed E-state index contributed by atoms with van der Waals surface area (Å²) in [6.07, 6.45) is 0. The number of hydrogen-bond acceptors (Lipinski definition) is 6. The van der Waals surface area contributed by atoms with Crippen molar-refractivity contribution in [2.24, 2.45) is 0 Å². The van der Waals surface area contributed by atoms with Crippen molar-refractivity contribution in [3.05, 3.63) is 28.8 Å². The molecule has 1 rings (SSSR count). The van der Waals surface area contributed by atoms with Crippen molar-refractivity contribution in [1.82, 2.24) is 0 Å². The third-order valence-electron chi connectivity index (χ3n) is 4.63. The third kappa shape index (κ3) is 4.72. The van der Waals surface area contributed by atoms with E-state index in [9.17, 15) is 47.7 Å². The van der Waals surface area contributed by atoms with E-state index in [0.29, 0.717) is 5.56 Å². The van der Waals surface area contributed by atoms with Crippen LogP contribution in [0.5, 0.6) is 5.75 Å². The standard InChI is InChI=1S/C18H24F6O6S2/c1-9(2)12-7-13(10(3)4)15(14(8-12)11(5)6)30-32(28,29)18(23,24)16(19,20)17(21,22)31(25,26)27/h7-11H,1-6H3,(H,25,26,27)/p-1. The second kappa shape index (κ2) is 8.67. The summed E-state index contributed by atoms with van der Waals surface area (Å²) in [6, 6.07) is 2.80. The van der Waals surface area contributed by atoms with Crippen LogP contribution in [0.15, 0.2) is 12.1 Å². The average Bonchev–Trinajstić information content (AvgIpc) is 2.59. The molecule has 0 heterocycles. The molecule has 0 fully saturated rings. The van der Waals surface area contributed by atoms with Crippen molar-refractivity contribution in [2.75, 3.05) is 0 Å². The Morgan fingerprint density at radius 1 is 0.750 bits per heavy atom. The molecule has 1 aromatic rings. The summed E-state index contributed by atoms with van der Waals surface area (Å²) >= 11 is 0. The zero-order valence-electron chi connectivity index (χ0n) is 17.9. The molecule has 0 aliphatic heterocycles. The minimum Gasteiger partial charge on any atom is -0.743 e. The Morgan fingerprint density at radius 2 is 1.12 bits per heavy atom. The van der Waals surface area contributed by atoms with Crippen molar-refractivity contribution >= 4 is 20.2 Å². The second-order valence-corrected chi connectivity index (χ2v) is 11.1. The maximum Gasteiger partial charge on any atom is 0.450 e. The van der Waals surface area contributed by atoms with Crippen LogP contribution >= 0.6 is 0 Å². The van der Waals surface area contributed by atoms with E-state index >= 15 is 0 Å². The van der Waals surface area contributed by atoms with Crippen LogP contribution < -0.4 is 4.18 Å². The summed E-state index contributed by atoms with van der Waals surface area (Å²) in [5, 5.41) is -13.7. The van der Waals surface area contributed by atoms with Crippen LogP contribution in [0.4, 0.5) is 26.3 Å². The topological polar surface area (TPSA) is 101 Å². The maximum absolute atomic E-state index is 14.2. The summed E-state index contributed by atoms with van der Waals surface area (Å²) in [5.41, 5.74) is 0.680. The van der Waals surface area contributed by atoms with Gasteiger partial charge in [-0.1, -0.05) is 53.7 Å². The van der Waals surface area contributed by atoms with Gasteiger partial charge in [-0.25, -0.2) is 8.42 Å². The monoisotopic (exact) mass is 513 g/mol. The molecule has 32 heavy (non-hydrogen) atoms. The van der Waals surface area contributed by atoms with Gasteiger partial charge in [0, 0.05) is 0 Å². The lowest BCUT2D eigenvalue weighted by molar-refractivity contribution is -0.247. The minimum atomic E-state index is -7.37. The predicted octanol–water partition coefficient (Wildman–Crippen LogP) is 5.13. The Hall–Kier alpha value is -1.54. The molecule has 1 aromatic carbocycles. The minimum absolute atomic E-state index is 0.0193. The quantitative estimate of drug-likeness (QED) is 0.258. The number of halogens is 6. The Labute approximate surface area is 182 Å². The molecular formula is C18H23F6O6S2-. The maximum atomic E-state index is 14.2. The zero-order chi connectivity index (χ0) is 25.7. The van der Waals surface area contributed by atoms with Crippen LogP contribution in [0, 0.1) is 0 Å². The molecule has 0 radical (unpaired) electrons. The molecule has 0 bridgehead atoms. The van der Waals surface area contributed by atoms with Crippen molar-refractivity contribution in [2.45, 2.75) is 75.7 Å². The molecule has 0 aromatic heterocycles. The van der Waals surface area contributed by atoms with Gasteiger partial charge in [0.25, 0.3) is 0 Å². The van der Waals surface area contributed by atoms with E-state index in [0.717, 1.165) is 0 Å². The first-order valence-corrected chi connectivity index (χ1v) is 12.0. The summed E-state index contributed by atoms with van der Waals surface area (Å²) in [4.78, 5) is 0. The molecule has 0 N–H and O–H groups in total. The summed E-state index contributed by atoms with van der Waals surface area (Å²) in [7, 11) is -14.3. The zero-order valence-corrected chi connectivity index (χ0v) is 19.6. The average molecular weight is 513 g/mol. The molecule has 0 spiro atoms. The highest BCUT2D eigenvalue weighted by molar-refractivity contribution is 7.88. The van der Waals surface area contributed by atoms with E-state index in [-0.39, 0.29) is 17.0 Å².